The van der Waals surface area contributed by atoms with Gasteiger partial charge in [0.2, 0.25) is 0 Å². The van der Waals surface area contributed by atoms with E-state index in [4.69, 9.17) is 17.3 Å². The Hall–Kier alpha value is -0.850. The van der Waals surface area contributed by atoms with Gasteiger partial charge in [0.1, 0.15) is 0 Å². The lowest BCUT2D eigenvalue weighted by atomic mass is 10.3. The molecule has 0 aliphatic carbocycles. The Morgan fingerprint density at radius 3 is 2.71 bits per heavy atom. The van der Waals surface area contributed by atoms with Crippen LogP contribution in [-0.4, -0.2) is 14.0 Å². The number of aromatic nitrogens is 2. The van der Waals surface area contributed by atoms with Gasteiger partial charge in [0, 0.05) is 12.2 Å². The SMILES string of the molecule is CCc1nn(CC)c(CS(=O)c2ccc(N)cc2Cl)c1Br. The standard InChI is InChI=1S/C14H17BrClN3OS/c1-3-11-14(15)12(19(4-2)18-11)8-21(20)13-6-5-9(17)7-10(13)16/h5-7H,3-4,8,17H2,1-2H3. The second kappa shape index (κ2) is 6.94. The van der Waals surface area contributed by atoms with Crippen molar-refractivity contribution < 1.29 is 4.21 Å². The van der Waals surface area contributed by atoms with E-state index in [1.54, 1.807) is 18.2 Å². The van der Waals surface area contributed by atoms with Crippen LogP contribution in [0.5, 0.6) is 0 Å². The third kappa shape index (κ3) is 3.49. The molecule has 0 fully saturated rings. The van der Waals surface area contributed by atoms with Gasteiger partial charge >= 0.3 is 0 Å². The molecule has 7 heteroatoms. The quantitative estimate of drug-likeness (QED) is 0.790. The van der Waals surface area contributed by atoms with Gasteiger partial charge in [-0.1, -0.05) is 18.5 Å². The summed E-state index contributed by atoms with van der Waals surface area (Å²) in [6, 6.07) is 5.05. The summed E-state index contributed by atoms with van der Waals surface area (Å²) in [7, 11) is -1.24. The van der Waals surface area contributed by atoms with Crippen molar-refractivity contribution >= 4 is 44.0 Å². The van der Waals surface area contributed by atoms with Crippen molar-refractivity contribution in [3.8, 4) is 0 Å². The summed E-state index contributed by atoms with van der Waals surface area (Å²) in [5.41, 5.74) is 8.14. The van der Waals surface area contributed by atoms with Crippen molar-refractivity contribution in [2.24, 2.45) is 0 Å². The Bertz CT molecular complexity index is 687. The highest BCUT2D eigenvalue weighted by Crippen LogP contribution is 2.28. The maximum Gasteiger partial charge on any atom is 0.0767 e. The number of nitrogens with two attached hydrogens (primary N) is 1. The van der Waals surface area contributed by atoms with Gasteiger partial charge in [-0.15, -0.1) is 0 Å². The van der Waals surface area contributed by atoms with Gasteiger partial charge < -0.3 is 5.73 Å². The first-order valence-corrected chi connectivity index (χ1v) is 9.14. The highest BCUT2D eigenvalue weighted by molar-refractivity contribution is 9.10. The summed E-state index contributed by atoms with van der Waals surface area (Å²) in [6.07, 6.45) is 0.829. The molecule has 2 N–H and O–H groups in total. The lowest BCUT2D eigenvalue weighted by Crippen LogP contribution is -2.07. The zero-order chi connectivity index (χ0) is 15.6. The van der Waals surface area contributed by atoms with Gasteiger partial charge in [-0.05, 0) is 47.5 Å². The first-order valence-electron chi connectivity index (χ1n) is 6.65. The molecule has 1 unspecified atom stereocenters. The van der Waals surface area contributed by atoms with Crippen LogP contribution in [0.1, 0.15) is 25.2 Å². The summed E-state index contributed by atoms with van der Waals surface area (Å²) < 4.78 is 15.4. The van der Waals surface area contributed by atoms with Crippen molar-refractivity contribution in [2.45, 2.75) is 37.5 Å². The van der Waals surface area contributed by atoms with Gasteiger partial charge in [-0.3, -0.25) is 8.89 Å². The maximum absolute atomic E-state index is 12.6. The van der Waals surface area contributed by atoms with Crippen LogP contribution in [0.2, 0.25) is 5.02 Å². The average molecular weight is 391 g/mol. The van der Waals surface area contributed by atoms with E-state index in [0.29, 0.717) is 21.4 Å². The number of anilines is 1. The zero-order valence-corrected chi connectivity index (χ0v) is 15.1. The first-order chi connectivity index (χ1) is 9.97. The first kappa shape index (κ1) is 16.5. The predicted molar refractivity (Wildman–Crippen MR) is 91.0 cm³/mol. The molecule has 0 saturated heterocycles. The largest absolute Gasteiger partial charge is 0.399 e. The van der Waals surface area contributed by atoms with Crippen LogP contribution in [0, 0.1) is 0 Å². The number of benzene rings is 1. The Balaban J connectivity index is 2.33. The molecular weight excluding hydrogens is 374 g/mol. The molecule has 0 saturated carbocycles. The van der Waals surface area contributed by atoms with Crippen LogP contribution >= 0.6 is 27.5 Å². The fraction of sp³-hybridized carbons (Fsp3) is 0.357. The van der Waals surface area contributed by atoms with Crippen LogP contribution in [-0.2, 0) is 29.5 Å². The fourth-order valence-electron chi connectivity index (χ4n) is 2.06. The minimum atomic E-state index is -1.24. The Morgan fingerprint density at radius 1 is 1.43 bits per heavy atom. The molecule has 1 heterocycles. The van der Waals surface area contributed by atoms with E-state index in [1.165, 1.54) is 0 Å². The van der Waals surface area contributed by atoms with E-state index in [0.717, 1.165) is 28.8 Å². The molecule has 2 aromatic rings. The second-order valence-electron chi connectivity index (χ2n) is 4.56. The lowest BCUT2D eigenvalue weighted by Gasteiger charge is -2.08. The molecule has 0 amide bonds. The minimum absolute atomic E-state index is 0.366. The molecule has 4 nitrogen and oxygen atoms in total. The van der Waals surface area contributed by atoms with Crippen LogP contribution in [0.25, 0.3) is 0 Å². The second-order valence-corrected chi connectivity index (χ2v) is 7.18. The molecule has 0 bridgehead atoms. The highest BCUT2D eigenvalue weighted by Gasteiger charge is 2.18. The van der Waals surface area contributed by atoms with Gasteiger partial charge in [0.15, 0.2) is 0 Å². The van der Waals surface area contributed by atoms with Crippen molar-refractivity contribution in [1.29, 1.82) is 0 Å². The summed E-state index contributed by atoms with van der Waals surface area (Å²) >= 11 is 9.69. The summed E-state index contributed by atoms with van der Waals surface area (Å²) in [5, 5.41) is 4.95. The molecule has 1 atom stereocenters. The monoisotopic (exact) mass is 389 g/mol. The number of nitrogen functional groups attached to an aromatic ring is 1. The molecule has 0 aliphatic rings. The Kier molecular flexibility index (Phi) is 5.46. The minimum Gasteiger partial charge on any atom is -0.399 e. The Morgan fingerprint density at radius 2 is 2.14 bits per heavy atom. The fourth-order valence-corrected chi connectivity index (χ4v) is 4.59. The van der Waals surface area contributed by atoms with E-state index in [2.05, 4.69) is 21.0 Å². The van der Waals surface area contributed by atoms with Crippen molar-refractivity contribution in [1.82, 2.24) is 9.78 Å². The van der Waals surface area contributed by atoms with E-state index in [1.807, 2.05) is 18.5 Å². The molecule has 0 aliphatic heterocycles. The van der Waals surface area contributed by atoms with Crippen LogP contribution in [0.3, 0.4) is 0 Å². The van der Waals surface area contributed by atoms with Crippen molar-refractivity contribution in [2.75, 3.05) is 5.73 Å². The van der Waals surface area contributed by atoms with Crippen LogP contribution in [0.4, 0.5) is 5.69 Å². The molecule has 0 spiro atoms. The number of hydrogen-bond acceptors (Lipinski definition) is 3. The lowest BCUT2D eigenvalue weighted by molar-refractivity contribution is 0.623. The smallest absolute Gasteiger partial charge is 0.0767 e. The van der Waals surface area contributed by atoms with Gasteiger partial charge in [0.05, 0.1) is 42.3 Å². The van der Waals surface area contributed by atoms with Gasteiger partial charge in [-0.25, -0.2) is 0 Å². The normalized spacial score (nSPS) is 12.6. The maximum atomic E-state index is 12.6. The van der Waals surface area contributed by atoms with E-state index >= 15 is 0 Å². The van der Waals surface area contributed by atoms with Crippen molar-refractivity contribution in [3.05, 3.63) is 39.1 Å². The van der Waals surface area contributed by atoms with E-state index in [9.17, 15) is 4.21 Å². The van der Waals surface area contributed by atoms with Crippen molar-refractivity contribution in [3.63, 3.8) is 0 Å². The molecule has 0 radical (unpaired) electrons. The summed E-state index contributed by atoms with van der Waals surface area (Å²) in [6.45, 7) is 4.80. The van der Waals surface area contributed by atoms with Crippen LogP contribution in [0.15, 0.2) is 27.6 Å². The number of aryl methyl sites for hydroxylation is 2. The predicted octanol–water partition coefficient (Wildman–Crippen LogP) is 3.77. The molecule has 114 valence electrons. The average Bonchev–Trinajstić information content (AvgIpc) is 2.75. The van der Waals surface area contributed by atoms with E-state index in [-0.39, 0.29) is 0 Å². The Labute approximate surface area is 140 Å². The highest BCUT2D eigenvalue weighted by atomic mass is 79.9. The van der Waals surface area contributed by atoms with Gasteiger partial charge in [0.25, 0.3) is 0 Å². The third-order valence-electron chi connectivity index (χ3n) is 3.16. The van der Waals surface area contributed by atoms with Crippen LogP contribution < -0.4 is 5.73 Å². The van der Waals surface area contributed by atoms with Gasteiger partial charge in [-0.2, -0.15) is 5.10 Å². The summed E-state index contributed by atoms with van der Waals surface area (Å²) in [4.78, 5) is 0.597. The molecule has 2 rings (SSSR count). The third-order valence-corrected chi connectivity index (χ3v) is 5.89. The number of halogens is 2. The number of nitrogens with zero attached hydrogens (tertiary/aromatic N) is 2. The molecular formula is C14H17BrClN3OS. The molecule has 1 aromatic heterocycles. The summed E-state index contributed by atoms with van der Waals surface area (Å²) in [5.74, 6) is 0.366. The zero-order valence-electron chi connectivity index (χ0n) is 11.9. The number of hydrogen-bond donors (Lipinski definition) is 1. The topological polar surface area (TPSA) is 60.9 Å². The van der Waals surface area contributed by atoms with E-state index < -0.39 is 10.8 Å². The molecule has 21 heavy (non-hydrogen) atoms. The number of rotatable bonds is 5. The molecule has 1 aromatic carbocycles.